The van der Waals surface area contributed by atoms with Crippen molar-refractivity contribution in [3.63, 3.8) is 0 Å². The van der Waals surface area contributed by atoms with Gasteiger partial charge >= 0.3 is 0 Å². The van der Waals surface area contributed by atoms with Crippen LogP contribution in [0.1, 0.15) is 25.3 Å². The van der Waals surface area contributed by atoms with E-state index in [1.54, 1.807) is 14.0 Å². The van der Waals surface area contributed by atoms with Crippen LogP contribution in [-0.2, 0) is 14.9 Å². The van der Waals surface area contributed by atoms with Gasteiger partial charge in [0, 0.05) is 49.3 Å². The van der Waals surface area contributed by atoms with Gasteiger partial charge in [0.2, 0.25) is 5.91 Å². The molecule has 4 aliphatic heterocycles. The highest BCUT2D eigenvalue weighted by molar-refractivity contribution is 6.00. The maximum absolute atomic E-state index is 12.9. The first kappa shape index (κ1) is 16.8. The van der Waals surface area contributed by atoms with E-state index in [4.69, 9.17) is 9.47 Å². The monoisotopic (exact) mass is 380 g/mol. The second-order valence-corrected chi connectivity index (χ2v) is 8.50. The number of hydrogen-bond donors (Lipinski definition) is 1. The highest BCUT2D eigenvalue weighted by Crippen LogP contribution is 2.64. The van der Waals surface area contributed by atoms with E-state index in [1.807, 2.05) is 17.0 Å². The van der Waals surface area contributed by atoms with E-state index in [1.165, 1.54) is 11.1 Å². The van der Waals surface area contributed by atoms with Crippen LogP contribution in [0.3, 0.4) is 0 Å². The van der Waals surface area contributed by atoms with Crippen LogP contribution < -0.4 is 9.64 Å². The van der Waals surface area contributed by atoms with Gasteiger partial charge in [0.1, 0.15) is 5.75 Å². The number of carbonyl (C=O) groups is 1. The van der Waals surface area contributed by atoms with Gasteiger partial charge < -0.3 is 14.6 Å². The van der Waals surface area contributed by atoms with Gasteiger partial charge in [-0.25, -0.2) is 0 Å². The Labute approximate surface area is 164 Å². The number of piperidine rings is 1. The summed E-state index contributed by atoms with van der Waals surface area (Å²) in [6, 6.07) is 6.42. The Hall–Kier alpha value is -2.15. The summed E-state index contributed by atoms with van der Waals surface area (Å²) in [5.74, 6) is 0.856. The molecule has 4 atom stereocenters. The van der Waals surface area contributed by atoms with E-state index in [-0.39, 0.29) is 17.2 Å². The standard InChI is InChI=1S/C22H24N2O4/c1-12(25)24-17-9-14(27-2)3-4-16(17)22-6-7-23-11-13-5-8-28-21(26)19(20(22)24)15(13)10-18(22)23/h3-5,9,15,18,21,26H,6-8,10-11H2,1-2H3. The van der Waals surface area contributed by atoms with Crippen LogP contribution >= 0.6 is 0 Å². The molecule has 6 nitrogen and oxygen atoms in total. The van der Waals surface area contributed by atoms with Crippen molar-refractivity contribution in [1.29, 1.82) is 0 Å². The number of amides is 1. The number of methoxy groups -OCH3 is 1. The first-order valence-electron chi connectivity index (χ1n) is 10.0. The average molecular weight is 380 g/mol. The van der Waals surface area contributed by atoms with Crippen LogP contribution in [0.2, 0.25) is 0 Å². The van der Waals surface area contributed by atoms with Crippen molar-refractivity contribution in [2.45, 2.75) is 37.5 Å². The maximum Gasteiger partial charge on any atom is 0.228 e. The smallest absolute Gasteiger partial charge is 0.228 e. The van der Waals surface area contributed by atoms with Crippen LogP contribution in [0, 0.1) is 5.92 Å². The third-order valence-corrected chi connectivity index (χ3v) is 7.50. The summed E-state index contributed by atoms with van der Waals surface area (Å²) < 4.78 is 11.2. The summed E-state index contributed by atoms with van der Waals surface area (Å²) in [5.41, 5.74) is 4.99. The molecule has 28 heavy (non-hydrogen) atoms. The molecule has 2 saturated heterocycles. The Morgan fingerprint density at radius 3 is 3.04 bits per heavy atom. The minimum Gasteiger partial charge on any atom is -0.497 e. The van der Waals surface area contributed by atoms with Gasteiger partial charge in [-0.15, -0.1) is 0 Å². The summed E-state index contributed by atoms with van der Waals surface area (Å²) in [5, 5.41) is 11.0. The number of aliphatic hydroxyl groups excluding tert-OH is 1. The molecule has 0 aromatic heterocycles. The summed E-state index contributed by atoms with van der Waals surface area (Å²) in [7, 11) is 1.65. The molecule has 146 valence electrons. The molecule has 1 aromatic rings. The van der Waals surface area contributed by atoms with E-state index in [9.17, 15) is 9.90 Å². The number of nitrogens with zero attached hydrogens (tertiary/aromatic N) is 2. The zero-order valence-corrected chi connectivity index (χ0v) is 16.1. The summed E-state index contributed by atoms with van der Waals surface area (Å²) in [6.07, 6.45) is 3.08. The molecule has 1 amide bonds. The molecule has 0 radical (unpaired) electrons. The number of ether oxygens (including phenoxy) is 2. The molecule has 1 aromatic carbocycles. The van der Waals surface area contributed by atoms with Crippen molar-refractivity contribution in [3.05, 3.63) is 46.7 Å². The van der Waals surface area contributed by atoms with Gasteiger partial charge in [0.05, 0.1) is 24.8 Å². The fraction of sp³-hybridized carbons (Fsp3) is 0.500. The van der Waals surface area contributed by atoms with E-state index in [0.29, 0.717) is 12.6 Å². The van der Waals surface area contributed by atoms with Crippen LogP contribution in [0.4, 0.5) is 5.69 Å². The molecular weight excluding hydrogens is 356 g/mol. The molecule has 4 heterocycles. The van der Waals surface area contributed by atoms with Gasteiger partial charge in [0.25, 0.3) is 0 Å². The van der Waals surface area contributed by atoms with Crippen molar-refractivity contribution < 1.29 is 19.4 Å². The van der Waals surface area contributed by atoms with Crippen molar-refractivity contribution in [2.24, 2.45) is 5.92 Å². The number of rotatable bonds is 1. The fourth-order valence-corrected chi connectivity index (χ4v) is 6.49. The first-order valence-corrected chi connectivity index (χ1v) is 10.0. The predicted molar refractivity (Wildman–Crippen MR) is 103 cm³/mol. The first-order chi connectivity index (χ1) is 13.6. The molecular formula is C22H24N2O4. The van der Waals surface area contributed by atoms with Gasteiger partial charge in [-0.2, -0.15) is 0 Å². The Bertz CT molecular complexity index is 967. The molecule has 5 aliphatic rings. The summed E-state index contributed by atoms with van der Waals surface area (Å²) >= 11 is 0. The maximum atomic E-state index is 12.9. The lowest BCUT2D eigenvalue weighted by Crippen LogP contribution is -2.55. The molecule has 1 N–H and O–H groups in total. The van der Waals surface area contributed by atoms with Gasteiger partial charge in [0.15, 0.2) is 6.29 Å². The number of hydrogen-bond acceptors (Lipinski definition) is 5. The topological polar surface area (TPSA) is 62.2 Å². The second kappa shape index (κ2) is 5.47. The second-order valence-electron chi connectivity index (χ2n) is 8.50. The quantitative estimate of drug-likeness (QED) is 0.755. The minimum atomic E-state index is -0.975. The largest absolute Gasteiger partial charge is 0.497 e. The third-order valence-electron chi connectivity index (χ3n) is 7.50. The van der Waals surface area contributed by atoms with E-state index < -0.39 is 6.29 Å². The molecule has 1 aliphatic carbocycles. The predicted octanol–water partition coefficient (Wildman–Crippen LogP) is 1.94. The summed E-state index contributed by atoms with van der Waals surface area (Å²) in [6.45, 7) is 3.94. The van der Waals surface area contributed by atoms with E-state index in [0.717, 1.165) is 48.6 Å². The number of anilines is 1. The third kappa shape index (κ3) is 1.81. The van der Waals surface area contributed by atoms with Crippen LogP contribution in [0.25, 0.3) is 0 Å². The van der Waals surface area contributed by atoms with Crippen molar-refractivity contribution in [3.8, 4) is 5.75 Å². The summed E-state index contributed by atoms with van der Waals surface area (Å²) in [4.78, 5) is 17.3. The normalized spacial score (nSPS) is 35.3. The average Bonchev–Trinajstić information content (AvgIpc) is 3.15. The van der Waals surface area contributed by atoms with Crippen LogP contribution in [0.15, 0.2) is 41.1 Å². The fourth-order valence-electron chi connectivity index (χ4n) is 6.49. The molecule has 0 saturated carbocycles. The lowest BCUT2D eigenvalue weighted by atomic mass is 9.61. The Morgan fingerprint density at radius 1 is 1.39 bits per heavy atom. The Balaban J connectivity index is 1.71. The lowest BCUT2D eigenvalue weighted by molar-refractivity contribution is -0.116. The zero-order chi connectivity index (χ0) is 19.2. The van der Waals surface area contributed by atoms with Crippen LogP contribution in [-0.4, -0.2) is 55.1 Å². The molecule has 4 unspecified atom stereocenters. The number of aliphatic hydroxyl groups is 1. The number of carbonyl (C=O) groups excluding carboxylic acids is 1. The molecule has 2 fully saturated rings. The zero-order valence-electron chi connectivity index (χ0n) is 16.1. The Morgan fingerprint density at radius 2 is 2.25 bits per heavy atom. The molecule has 6 heteroatoms. The highest BCUT2D eigenvalue weighted by Gasteiger charge is 2.64. The van der Waals surface area contributed by atoms with Crippen molar-refractivity contribution in [1.82, 2.24) is 4.90 Å². The minimum absolute atomic E-state index is 0.0331. The van der Waals surface area contributed by atoms with Crippen LogP contribution in [0.5, 0.6) is 5.75 Å². The molecule has 6 rings (SSSR count). The molecule has 1 spiro atoms. The number of benzene rings is 1. The van der Waals surface area contributed by atoms with Crippen molar-refractivity contribution in [2.75, 3.05) is 31.7 Å². The number of fused-ring (bicyclic) bond motifs is 1. The van der Waals surface area contributed by atoms with E-state index in [2.05, 4.69) is 17.0 Å². The SMILES string of the molecule is COc1ccc2c(c1)N(C(C)=O)C1=C3C(O)OCC=C4CN5CCC12C5CC43. The van der Waals surface area contributed by atoms with Gasteiger partial charge in [-0.1, -0.05) is 17.7 Å². The lowest BCUT2D eigenvalue weighted by Gasteiger charge is -2.50. The molecule has 2 bridgehead atoms. The van der Waals surface area contributed by atoms with E-state index >= 15 is 0 Å². The van der Waals surface area contributed by atoms with Gasteiger partial charge in [-0.05, 0) is 24.5 Å². The highest BCUT2D eigenvalue weighted by atomic mass is 16.6. The Kier molecular flexibility index (Phi) is 3.27. The van der Waals surface area contributed by atoms with Crippen molar-refractivity contribution >= 4 is 11.6 Å². The van der Waals surface area contributed by atoms with Gasteiger partial charge in [-0.3, -0.25) is 14.6 Å².